The van der Waals surface area contributed by atoms with Crippen LogP contribution in [0.2, 0.25) is 0 Å². The van der Waals surface area contributed by atoms with Crippen LogP contribution in [-0.4, -0.2) is 28.8 Å². The summed E-state index contributed by atoms with van der Waals surface area (Å²) < 4.78 is 1.11. The van der Waals surface area contributed by atoms with Crippen LogP contribution in [0.15, 0.2) is 17.6 Å². The number of rotatable bonds is 1. The molecule has 1 atom stereocenters. The molecule has 0 amide bonds. The lowest BCUT2D eigenvalue weighted by Gasteiger charge is -2.22. The number of benzene rings is 1. The maximum absolute atomic E-state index is 9.99. The van der Waals surface area contributed by atoms with E-state index in [1.807, 2.05) is 24.6 Å². The third kappa shape index (κ3) is 1.75. The number of hydrogen-bond donors (Lipinski definition) is 2. The summed E-state index contributed by atoms with van der Waals surface area (Å²) in [6, 6.07) is 4.07. The van der Waals surface area contributed by atoms with E-state index in [0.717, 1.165) is 34.6 Å². The number of hydrogen-bond acceptors (Lipinski definition) is 5. The Bertz CT molecular complexity index is 564. The van der Waals surface area contributed by atoms with E-state index < -0.39 is 5.60 Å². The topological polar surface area (TPSA) is 62.4 Å². The van der Waals surface area contributed by atoms with Crippen LogP contribution in [0.25, 0.3) is 10.2 Å². The Morgan fingerprint density at radius 3 is 3.06 bits per heavy atom. The summed E-state index contributed by atoms with van der Waals surface area (Å²) in [5, 5.41) is 9.99. The number of aromatic nitrogens is 1. The Hall–Kier alpha value is -1.33. The zero-order valence-electron chi connectivity index (χ0n) is 9.68. The SMILES string of the molecule is CC1(O)CCN(c2ccc3scnc3c2N)C1. The number of aliphatic hydroxyl groups is 1. The van der Waals surface area contributed by atoms with E-state index >= 15 is 0 Å². The second-order valence-corrected chi connectivity index (χ2v) is 5.75. The van der Waals surface area contributed by atoms with Crippen LogP contribution in [-0.2, 0) is 0 Å². The molecule has 4 nitrogen and oxygen atoms in total. The van der Waals surface area contributed by atoms with Crippen molar-refractivity contribution in [3.05, 3.63) is 17.6 Å². The highest BCUT2D eigenvalue weighted by atomic mass is 32.1. The summed E-state index contributed by atoms with van der Waals surface area (Å²) >= 11 is 1.59. The average molecular weight is 249 g/mol. The largest absolute Gasteiger partial charge is 0.395 e. The number of β-amino-alcohol motifs (C(OH)–C–C–N with tert-alkyl or cyclic N) is 1. The van der Waals surface area contributed by atoms with Gasteiger partial charge in [-0.2, -0.15) is 0 Å². The maximum Gasteiger partial charge on any atom is 0.106 e. The van der Waals surface area contributed by atoms with Crippen molar-refractivity contribution in [1.82, 2.24) is 4.98 Å². The normalized spacial score (nSPS) is 24.7. The number of fused-ring (bicyclic) bond motifs is 1. The number of nitrogen functional groups attached to an aromatic ring is 1. The molecule has 90 valence electrons. The van der Waals surface area contributed by atoms with Crippen molar-refractivity contribution < 1.29 is 5.11 Å². The number of nitrogens with two attached hydrogens (primary N) is 1. The third-order valence-corrected chi connectivity index (χ3v) is 4.11. The first-order chi connectivity index (χ1) is 8.07. The van der Waals surface area contributed by atoms with Crippen LogP contribution < -0.4 is 10.6 Å². The highest BCUT2D eigenvalue weighted by molar-refractivity contribution is 7.16. The van der Waals surface area contributed by atoms with E-state index in [9.17, 15) is 5.11 Å². The molecule has 0 spiro atoms. The Morgan fingerprint density at radius 2 is 2.35 bits per heavy atom. The van der Waals surface area contributed by atoms with Gasteiger partial charge in [0.15, 0.2) is 0 Å². The molecule has 0 saturated carbocycles. The molecule has 1 unspecified atom stereocenters. The molecular formula is C12H15N3OS. The minimum Gasteiger partial charge on any atom is -0.395 e. The third-order valence-electron chi connectivity index (χ3n) is 3.31. The lowest BCUT2D eigenvalue weighted by Crippen LogP contribution is -2.29. The van der Waals surface area contributed by atoms with E-state index in [0.29, 0.717) is 6.54 Å². The van der Waals surface area contributed by atoms with Crippen molar-refractivity contribution in [2.75, 3.05) is 23.7 Å². The summed E-state index contributed by atoms with van der Waals surface area (Å²) in [5.74, 6) is 0. The zero-order valence-corrected chi connectivity index (χ0v) is 10.5. The first-order valence-corrected chi connectivity index (χ1v) is 6.54. The molecule has 2 aromatic rings. The Balaban J connectivity index is 2.03. The van der Waals surface area contributed by atoms with Gasteiger partial charge < -0.3 is 15.7 Å². The average Bonchev–Trinajstić information content (AvgIpc) is 2.85. The predicted octanol–water partition coefficient (Wildman–Crippen LogP) is 1.84. The summed E-state index contributed by atoms with van der Waals surface area (Å²) in [4.78, 5) is 6.42. The van der Waals surface area contributed by atoms with E-state index in [4.69, 9.17) is 5.73 Å². The van der Waals surface area contributed by atoms with E-state index in [1.54, 1.807) is 11.3 Å². The number of thiazole rings is 1. The van der Waals surface area contributed by atoms with Gasteiger partial charge in [-0.3, -0.25) is 0 Å². The highest BCUT2D eigenvalue weighted by Gasteiger charge is 2.32. The van der Waals surface area contributed by atoms with Crippen molar-refractivity contribution in [3.63, 3.8) is 0 Å². The van der Waals surface area contributed by atoms with E-state index in [1.165, 1.54) is 0 Å². The fourth-order valence-electron chi connectivity index (χ4n) is 2.37. The van der Waals surface area contributed by atoms with Crippen LogP contribution in [0.5, 0.6) is 0 Å². The molecule has 0 bridgehead atoms. The van der Waals surface area contributed by atoms with Gasteiger partial charge in [0.1, 0.15) is 5.52 Å². The van der Waals surface area contributed by atoms with Crippen molar-refractivity contribution in [3.8, 4) is 0 Å². The van der Waals surface area contributed by atoms with Crippen LogP contribution >= 0.6 is 11.3 Å². The molecule has 17 heavy (non-hydrogen) atoms. The second kappa shape index (κ2) is 3.58. The molecule has 3 rings (SSSR count). The van der Waals surface area contributed by atoms with Gasteiger partial charge in [-0.1, -0.05) is 0 Å². The fourth-order valence-corrected chi connectivity index (χ4v) is 3.06. The molecule has 1 aromatic heterocycles. The molecule has 1 fully saturated rings. The van der Waals surface area contributed by atoms with Gasteiger partial charge in [0.25, 0.3) is 0 Å². The fraction of sp³-hybridized carbons (Fsp3) is 0.417. The molecule has 5 heteroatoms. The van der Waals surface area contributed by atoms with Gasteiger partial charge >= 0.3 is 0 Å². The van der Waals surface area contributed by atoms with Crippen molar-refractivity contribution >= 4 is 32.9 Å². The van der Waals surface area contributed by atoms with E-state index in [2.05, 4.69) is 9.88 Å². The van der Waals surface area contributed by atoms with Gasteiger partial charge in [0, 0.05) is 13.1 Å². The van der Waals surface area contributed by atoms with Crippen LogP contribution in [0, 0.1) is 0 Å². The van der Waals surface area contributed by atoms with Gasteiger partial charge in [-0.25, -0.2) is 4.98 Å². The molecule has 1 saturated heterocycles. The molecule has 1 aliphatic heterocycles. The molecule has 1 aliphatic rings. The lowest BCUT2D eigenvalue weighted by molar-refractivity contribution is 0.0839. The standard InChI is InChI=1S/C12H15N3OS/c1-12(16)4-5-15(6-12)8-2-3-9-11(10(8)13)14-7-17-9/h2-3,7,16H,4-6,13H2,1H3. The van der Waals surface area contributed by atoms with Gasteiger partial charge in [0.05, 0.1) is 27.2 Å². The van der Waals surface area contributed by atoms with Crippen molar-refractivity contribution in [1.29, 1.82) is 0 Å². The number of nitrogens with zero attached hydrogens (tertiary/aromatic N) is 2. The summed E-state index contributed by atoms with van der Waals surface area (Å²) in [6.07, 6.45) is 0.779. The molecular weight excluding hydrogens is 234 g/mol. The Labute approximate surface area is 104 Å². The van der Waals surface area contributed by atoms with Crippen LogP contribution in [0.4, 0.5) is 11.4 Å². The van der Waals surface area contributed by atoms with Crippen molar-refractivity contribution in [2.24, 2.45) is 0 Å². The smallest absolute Gasteiger partial charge is 0.106 e. The van der Waals surface area contributed by atoms with Gasteiger partial charge in [-0.05, 0) is 25.5 Å². The monoisotopic (exact) mass is 249 g/mol. The first kappa shape index (κ1) is 10.8. The quantitative estimate of drug-likeness (QED) is 0.757. The van der Waals surface area contributed by atoms with Gasteiger partial charge in [-0.15, -0.1) is 11.3 Å². The van der Waals surface area contributed by atoms with Gasteiger partial charge in [0.2, 0.25) is 0 Å². The lowest BCUT2D eigenvalue weighted by atomic mass is 10.1. The molecule has 1 aromatic carbocycles. The van der Waals surface area contributed by atoms with E-state index in [-0.39, 0.29) is 0 Å². The second-order valence-electron chi connectivity index (χ2n) is 4.87. The summed E-state index contributed by atoms with van der Waals surface area (Å²) in [6.45, 7) is 3.34. The summed E-state index contributed by atoms with van der Waals surface area (Å²) in [5.41, 5.74) is 9.94. The maximum atomic E-state index is 9.99. The minimum absolute atomic E-state index is 0.608. The Kier molecular flexibility index (Phi) is 2.27. The Morgan fingerprint density at radius 1 is 1.53 bits per heavy atom. The predicted molar refractivity (Wildman–Crippen MR) is 71.5 cm³/mol. The molecule has 3 N–H and O–H groups in total. The van der Waals surface area contributed by atoms with Crippen molar-refractivity contribution in [2.45, 2.75) is 18.9 Å². The summed E-state index contributed by atoms with van der Waals surface area (Å²) in [7, 11) is 0. The highest BCUT2D eigenvalue weighted by Crippen LogP contribution is 2.35. The minimum atomic E-state index is -0.608. The zero-order chi connectivity index (χ0) is 12.0. The molecule has 0 radical (unpaired) electrons. The van der Waals surface area contributed by atoms with Crippen LogP contribution in [0.3, 0.4) is 0 Å². The molecule has 2 heterocycles. The molecule has 0 aliphatic carbocycles. The number of anilines is 2. The van der Waals surface area contributed by atoms with Crippen LogP contribution in [0.1, 0.15) is 13.3 Å². The first-order valence-electron chi connectivity index (χ1n) is 5.66.